The zero-order chi connectivity index (χ0) is 18.8. The number of esters is 1. The van der Waals surface area contributed by atoms with Crippen molar-refractivity contribution in [3.05, 3.63) is 0 Å². The fraction of sp³-hybridized carbons (Fsp3) is 0.824. The first-order valence-electron chi connectivity index (χ1n) is 9.22. The molecule has 0 aliphatic carbocycles. The molecule has 0 spiro atoms. The van der Waals surface area contributed by atoms with Gasteiger partial charge in [-0.1, -0.05) is 0 Å². The molecule has 0 aromatic rings. The number of nitrogens with zero attached hydrogens (tertiary/aromatic N) is 3. The Morgan fingerprint density at radius 1 is 0.962 bits per heavy atom. The van der Waals surface area contributed by atoms with Crippen LogP contribution in [0.15, 0.2) is 0 Å². The minimum Gasteiger partial charge on any atom is -0.469 e. The second kappa shape index (κ2) is 11.1. The third-order valence-corrected chi connectivity index (χ3v) is 4.66. The average Bonchev–Trinajstić information content (AvgIpc) is 2.66. The molecule has 9 heteroatoms. The van der Waals surface area contributed by atoms with Gasteiger partial charge in [0.1, 0.15) is 0 Å². The largest absolute Gasteiger partial charge is 0.469 e. The molecule has 26 heavy (non-hydrogen) atoms. The summed E-state index contributed by atoms with van der Waals surface area (Å²) in [5, 5.41) is 2.81. The van der Waals surface area contributed by atoms with Gasteiger partial charge in [0.25, 0.3) is 0 Å². The number of carbonyl (C=O) groups excluding carboxylic acids is 3. The molecule has 0 bridgehead atoms. The van der Waals surface area contributed by atoms with E-state index in [4.69, 9.17) is 4.74 Å². The molecule has 2 heterocycles. The van der Waals surface area contributed by atoms with Crippen LogP contribution >= 0.6 is 0 Å². The van der Waals surface area contributed by atoms with Crippen molar-refractivity contribution < 1.29 is 23.9 Å². The second-order valence-electron chi connectivity index (χ2n) is 6.58. The van der Waals surface area contributed by atoms with Crippen LogP contribution in [0.1, 0.15) is 12.8 Å². The summed E-state index contributed by atoms with van der Waals surface area (Å²) in [5.41, 5.74) is 0. The molecule has 2 aliphatic rings. The van der Waals surface area contributed by atoms with Crippen molar-refractivity contribution in [2.75, 3.05) is 79.2 Å². The first kappa shape index (κ1) is 20.6. The van der Waals surface area contributed by atoms with E-state index in [1.165, 1.54) is 7.11 Å². The van der Waals surface area contributed by atoms with E-state index in [2.05, 4.69) is 15.0 Å². The van der Waals surface area contributed by atoms with E-state index in [0.717, 1.165) is 13.1 Å². The lowest BCUT2D eigenvalue weighted by molar-refractivity contribution is -0.141. The first-order chi connectivity index (χ1) is 12.6. The normalized spacial score (nSPS) is 19.2. The van der Waals surface area contributed by atoms with E-state index in [-0.39, 0.29) is 17.8 Å². The van der Waals surface area contributed by atoms with Gasteiger partial charge in [0.15, 0.2) is 0 Å². The number of piperazine rings is 1. The third kappa shape index (κ3) is 7.27. The molecule has 0 unspecified atom stereocenters. The Balaban J connectivity index is 1.58. The number of amides is 2. The van der Waals surface area contributed by atoms with Gasteiger partial charge < -0.3 is 19.7 Å². The predicted octanol–water partition coefficient (Wildman–Crippen LogP) is -1.47. The van der Waals surface area contributed by atoms with Gasteiger partial charge in [-0.05, 0) is 6.42 Å². The lowest BCUT2D eigenvalue weighted by Crippen LogP contribution is -2.53. The maximum absolute atomic E-state index is 12.4. The molecule has 0 aromatic heterocycles. The highest BCUT2D eigenvalue weighted by Gasteiger charge is 2.24. The molecule has 0 atom stereocenters. The minimum absolute atomic E-state index is 0.0528. The number of morpholine rings is 1. The Hall–Kier alpha value is -1.71. The number of carbonyl (C=O) groups is 3. The van der Waals surface area contributed by atoms with Crippen LogP contribution < -0.4 is 5.32 Å². The van der Waals surface area contributed by atoms with Crippen LogP contribution in [0.4, 0.5) is 0 Å². The van der Waals surface area contributed by atoms with E-state index >= 15 is 0 Å². The summed E-state index contributed by atoms with van der Waals surface area (Å²) in [6.45, 7) is 6.93. The lowest BCUT2D eigenvalue weighted by atomic mass is 10.3. The summed E-state index contributed by atoms with van der Waals surface area (Å²) in [4.78, 5) is 41.3. The molecule has 1 N–H and O–H groups in total. The Kier molecular flexibility index (Phi) is 8.79. The fourth-order valence-electron chi connectivity index (χ4n) is 3.03. The number of rotatable bonds is 8. The van der Waals surface area contributed by atoms with Gasteiger partial charge in [-0.3, -0.25) is 24.2 Å². The number of methoxy groups -OCH3 is 1. The molecular weight excluding hydrogens is 340 g/mol. The van der Waals surface area contributed by atoms with Crippen LogP contribution in [-0.4, -0.2) is 112 Å². The number of ether oxygens (including phenoxy) is 2. The van der Waals surface area contributed by atoms with E-state index < -0.39 is 0 Å². The van der Waals surface area contributed by atoms with Crippen molar-refractivity contribution in [3.8, 4) is 0 Å². The maximum atomic E-state index is 12.4. The first-order valence-corrected chi connectivity index (χ1v) is 9.22. The molecule has 148 valence electrons. The topological polar surface area (TPSA) is 91.4 Å². The monoisotopic (exact) mass is 370 g/mol. The van der Waals surface area contributed by atoms with Crippen molar-refractivity contribution in [2.45, 2.75) is 12.8 Å². The summed E-state index contributed by atoms with van der Waals surface area (Å²) in [6.07, 6.45) is 0.878. The van der Waals surface area contributed by atoms with Crippen molar-refractivity contribution in [3.63, 3.8) is 0 Å². The maximum Gasteiger partial charge on any atom is 0.305 e. The van der Waals surface area contributed by atoms with E-state index in [1.807, 2.05) is 9.80 Å². The van der Waals surface area contributed by atoms with Gasteiger partial charge in [0, 0.05) is 52.2 Å². The fourth-order valence-corrected chi connectivity index (χ4v) is 3.03. The molecule has 2 amide bonds. The molecule has 0 aromatic carbocycles. The Morgan fingerprint density at radius 3 is 2.27 bits per heavy atom. The summed E-state index contributed by atoms with van der Waals surface area (Å²) in [5.74, 6) is -0.168. The van der Waals surface area contributed by atoms with Gasteiger partial charge in [-0.25, -0.2) is 0 Å². The average molecular weight is 370 g/mol. The molecule has 2 aliphatic heterocycles. The standard InChI is InChI=1S/C17H30N4O5/c1-25-17(24)3-2-4-18-15(22)13-19-5-7-21(8-6-19)16(23)14-20-9-11-26-12-10-20/h2-14H2,1H3,(H,18,22). The van der Waals surface area contributed by atoms with Crippen LogP contribution in [0, 0.1) is 0 Å². The number of nitrogens with one attached hydrogen (secondary N) is 1. The van der Waals surface area contributed by atoms with Crippen molar-refractivity contribution in [1.82, 2.24) is 20.0 Å². The van der Waals surface area contributed by atoms with Crippen LogP contribution in [-0.2, 0) is 23.9 Å². The quantitative estimate of drug-likeness (QED) is 0.412. The zero-order valence-corrected chi connectivity index (χ0v) is 15.6. The highest BCUT2D eigenvalue weighted by Crippen LogP contribution is 2.04. The highest BCUT2D eigenvalue weighted by atomic mass is 16.5. The van der Waals surface area contributed by atoms with Crippen LogP contribution in [0.25, 0.3) is 0 Å². The van der Waals surface area contributed by atoms with E-state index in [1.54, 1.807) is 0 Å². The smallest absolute Gasteiger partial charge is 0.305 e. The van der Waals surface area contributed by atoms with Gasteiger partial charge in [-0.15, -0.1) is 0 Å². The third-order valence-electron chi connectivity index (χ3n) is 4.66. The lowest BCUT2D eigenvalue weighted by Gasteiger charge is -2.36. The van der Waals surface area contributed by atoms with Crippen molar-refractivity contribution >= 4 is 17.8 Å². The number of hydrogen-bond acceptors (Lipinski definition) is 7. The van der Waals surface area contributed by atoms with Crippen LogP contribution in [0.5, 0.6) is 0 Å². The van der Waals surface area contributed by atoms with Crippen molar-refractivity contribution in [1.29, 1.82) is 0 Å². The van der Waals surface area contributed by atoms with Gasteiger partial charge in [-0.2, -0.15) is 0 Å². The molecule has 0 saturated carbocycles. The molecule has 9 nitrogen and oxygen atoms in total. The van der Waals surface area contributed by atoms with E-state index in [9.17, 15) is 14.4 Å². The summed E-state index contributed by atoms with van der Waals surface area (Å²) < 4.78 is 9.85. The van der Waals surface area contributed by atoms with Gasteiger partial charge in [0.2, 0.25) is 11.8 Å². The Labute approximate surface area is 154 Å². The summed E-state index contributed by atoms with van der Waals surface area (Å²) >= 11 is 0. The van der Waals surface area contributed by atoms with Gasteiger partial charge in [0.05, 0.1) is 33.4 Å². The SMILES string of the molecule is COC(=O)CCCNC(=O)CN1CCN(C(=O)CN2CCOCC2)CC1. The van der Waals surface area contributed by atoms with Crippen molar-refractivity contribution in [2.24, 2.45) is 0 Å². The van der Waals surface area contributed by atoms with Crippen LogP contribution in [0.3, 0.4) is 0 Å². The van der Waals surface area contributed by atoms with E-state index in [0.29, 0.717) is 71.9 Å². The Bertz CT molecular complexity index is 474. The van der Waals surface area contributed by atoms with Gasteiger partial charge >= 0.3 is 5.97 Å². The zero-order valence-electron chi connectivity index (χ0n) is 15.6. The molecule has 0 radical (unpaired) electrons. The molecular formula is C17H30N4O5. The minimum atomic E-state index is -0.267. The molecule has 2 saturated heterocycles. The molecule has 2 rings (SSSR count). The number of hydrogen-bond donors (Lipinski definition) is 1. The summed E-state index contributed by atoms with van der Waals surface area (Å²) in [6, 6.07) is 0. The Morgan fingerprint density at radius 2 is 1.62 bits per heavy atom. The molecule has 2 fully saturated rings. The second-order valence-corrected chi connectivity index (χ2v) is 6.58. The highest BCUT2D eigenvalue weighted by molar-refractivity contribution is 5.79. The van der Waals surface area contributed by atoms with Crippen LogP contribution in [0.2, 0.25) is 0 Å². The predicted molar refractivity (Wildman–Crippen MR) is 94.5 cm³/mol. The summed E-state index contributed by atoms with van der Waals surface area (Å²) in [7, 11) is 1.35.